The normalized spacial score (nSPS) is 9.81. The molecule has 0 spiro atoms. The van der Waals surface area contributed by atoms with Gasteiger partial charge in [0.05, 0.1) is 26.9 Å². The van der Waals surface area contributed by atoms with E-state index in [0.717, 1.165) is 0 Å². The molecule has 1 aromatic rings. The molecular weight excluding hydrogens is 222 g/mol. The SMILES string of the molecule is [CH2]c1c([N+](=O)[O-])cc([N+](=O)[O-])cc1[N+](=O)[O-]. The van der Waals surface area contributed by atoms with Crippen molar-refractivity contribution >= 4 is 17.1 Å². The first-order chi connectivity index (χ1) is 7.34. The van der Waals surface area contributed by atoms with Gasteiger partial charge in [-0.1, -0.05) is 0 Å². The van der Waals surface area contributed by atoms with E-state index in [-0.39, 0.29) is 0 Å². The van der Waals surface area contributed by atoms with Crippen molar-refractivity contribution in [1.82, 2.24) is 0 Å². The molecule has 0 aliphatic rings. The second kappa shape index (κ2) is 3.88. The highest BCUT2D eigenvalue weighted by atomic mass is 16.6. The number of rotatable bonds is 3. The van der Waals surface area contributed by atoms with Crippen LogP contribution in [0.15, 0.2) is 12.1 Å². The molecule has 16 heavy (non-hydrogen) atoms. The predicted octanol–water partition coefficient (Wildman–Crippen LogP) is 1.59. The fourth-order valence-electron chi connectivity index (χ4n) is 1.06. The molecule has 0 aliphatic carbocycles. The number of benzene rings is 1. The summed E-state index contributed by atoms with van der Waals surface area (Å²) in [6, 6.07) is 1.27. The molecule has 0 unspecified atom stereocenters. The van der Waals surface area contributed by atoms with Crippen molar-refractivity contribution in [1.29, 1.82) is 0 Å². The Bertz CT molecular complexity index is 462. The quantitative estimate of drug-likeness (QED) is 0.568. The molecule has 1 aromatic carbocycles. The van der Waals surface area contributed by atoms with E-state index in [1.165, 1.54) is 0 Å². The predicted molar refractivity (Wildman–Crippen MR) is 50.9 cm³/mol. The minimum atomic E-state index is -0.956. The number of hydrogen-bond acceptors (Lipinski definition) is 6. The Morgan fingerprint density at radius 2 is 1.25 bits per heavy atom. The molecule has 0 bridgehead atoms. The third-order valence-corrected chi connectivity index (χ3v) is 1.79. The molecule has 0 aliphatic heterocycles. The number of nitro groups is 3. The Labute approximate surface area is 87.8 Å². The lowest BCUT2D eigenvalue weighted by molar-refractivity contribution is -0.403. The maximum Gasteiger partial charge on any atom is 0.286 e. The van der Waals surface area contributed by atoms with Crippen LogP contribution in [0.4, 0.5) is 17.1 Å². The van der Waals surface area contributed by atoms with Crippen molar-refractivity contribution in [2.75, 3.05) is 0 Å². The molecule has 0 aromatic heterocycles. The van der Waals surface area contributed by atoms with Crippen LogP contribution in [0.25, 0.3) is 0 Å². The molecule has 9 nitrogen and oxygen atoms in total. The van der Waals surface area contributed by atoms with Crippen molar-refractivity contribution in [3.63, 3.8) is 0 Å². The Morgan fingerprint density at radius 3 is 1.50 bits per heavy atom. The van der Waals surface area contributed by atoms with Crippen molar-refractivity contribution in [2.24, 2.45) is 0 Å². The smallest absolute Gasteiger partial charge is 0.258 e. The highest BCUT2D eigenvalue weighted by Gasteiger charge is 2.27. The number of non-ortho nitro benzene ring substituents is 1. The zero-order chi connectivity index (χ0) is 12.5. The van der Waals surface area contributed by atoms with Crippen LogP contribution in [0, 0.1) is 37.3 Å². The average Bonchev–Trinajstić information content (AvgIpc) is 2.16. The second-order valence-corrected chi connectivity index (χ2v) is 2.73. The monoisotopic (exact) mass is 226 g/mol. The van der Waals surface area contributed by atoms with Crippen molar-refractivity contribution < 1.29 is 14.8 Å². The second-order valence-electron chi connectivity index (χ2n) is 2.73. The molecule has 0 fully saturated rings. The standard InChI is InChI=1S/C7H4N3O6/c1-4-6(9(13)14)2-5(8(11)12)3-7(4)10(15)16/h2-3H,1H2. The lowest BCUT2D eigenvalue weighted by atomic mass is 10.1. The van der Waals surface area contributed by atoms with Gasteiger partial charge < -0.3 is 0 Å². The van der Waals surface area contributed by atoms with Crippen molar-refractivity contribution in [3.05, 3.63) is 55.0 Å². The van der Waals surface area contributed by atoms with Crippen molar-refractivity contribution in [2.45, 2.75) is 0 Å². The molecule has 0 saturated heterocycles. The van der Waals surface area contributed by atoms with Crippen LogP contribution >= 0.6 is 0 Å². The summed E-state index contributed by atoms with van der Waals surface area (Å²) in [4.78, 5) is 28.5. The molecular formula is C7H4N3O6. The largest absolute Gasteiger partial charge is 0.286 e. The van der Waals surface area contributed by atoms with Crippen LogP contribution in [0.1, 0.15) is 5.56 Å². The van der Waals surface area contributed by atoms with Crippen LogP contribution in [-0.4, -0.2) is 14.8 Å². The van der Waals surface area contributed by atoms with Crippen LogP contribution in [-0.2, 0) is 0 Å². The highest BCUT2D eigenvalue weighted by molar-refractivity contribution is 5.61. The maximum atomic E-state index is 10.5. The third kappa shape index (κ3) is 1.92. The molecule has 0 N–H and O–H groups in total. The van der Waals surface area contributed by atoms with E-state index in [9.17, 15) is 30.3 Å². The van der Waals surface area contributed by atoms with Gasteiger partial charge in [0.25, 0.3) is 17.1 Å². The number of nitrogens with zero attached hydrogens (tertiary/aromatic N) is 3. The third-order valence-electron chi connectivity index (χ3n) is 1.79. The van der Waals surface area contributed by atoms with Gasteiger partial charge in [-0.25, -0.2) is 0 Å². The number of hydrogen-bond donors (Lipinski definition) is 0. The molecule has 1 rings (SSSR count). The van der Waals surface area contributed by atoms with E-state index in [4.69, 9.17) is 0 Å². The van der Waals surface area contributed by atoms with Gasteiger partial charge in [-0.15, -0.1) is 0 Å². The minimum absolute atomic E-state index is 0.458. The summed E-state index contributed by atoms with van der Waals surface area (Å²) in [7, 11) is 0. The van der Waals surface area contributed by atoms with E-state index < -0.39 is 37.4 Å². The van der Waals surface area contributed by atoms with Gasteiger partial charge >= 0.3 is 0 Å². The van der Waals surface area contributed by atoms with Gasteiger partial charge in [0.15, 0.2) is 0 Å². The van der Waals surface area contributed by atoms with E-state index in [0.29, 0.717) is 12.1 Å². The average molecular weight is 226 g/mol. The van der Waals surface area contributed by atoms with Crippen LogP contribution < -0.4 is 0 Å². The number of nitro benzene ring substituents is 3. The van der Waals surface area contributed by atoms with E-state index >= 15 is 0 Å². The minimum Gasteiger partial charge on any atom is -0.258 e. The molecule has 83 valence electrons. The Balaban J connectivity index is 3.57. The summed E-state index contributed by atoms with van der Waals surface area (Å²) in [6.07, 6.45) is 0. The Kier molecular flexibility index (Phi) is 2.79. The van der Waals surface area contributed by atoms with Crippen molar-refractivity contribution in [3.8, 4) is 0 Å². The van der Waals surface area contributed by atoms with E-state index in [1.807, 2.05) is 0 Å². The first-order valence-corrected chi connectivity index (χ1v) is 3.77. The molecule has 0 atom stereocenters. The van der Waals surface area contributed by atoms with Gasteiger partial charge in [0.1, 0.15) is 5.56 Å². The Hall–Kier alpha value is -2.58. The molecule has 1 radical (unpaired) electrons. The molecule has 0 amide bonds. The topological polar surface area (TPSA) is 129 Å². The van der Waals surface area contributed by atoms with Crippen LogP contribution in [0.2, 0.25) is 0 Å². The molecule has 9 heteroatoms. The zero-order valence-corrected chi connectivity index (χ0v) is 7.65. The molecule has 0 heterocycles. The van der Waals surface area contributed by atoms with Gasteiger partial charge in [-0.05, 0) is 6.92 Å². The van der Waals surface area contributed by atoms with Gasteiger partial charge in [0, 0.05) is 0 Å². The fourth-order valence-corrected chi connectivity index (χ4v) is 1.06. The zero-order valence-electron chi connectivity index (χ0n) is 7.65. The summed E-state index contributed by atoms with van der Waals surface area (Å²) in [5.41, 5.74) is -2.67. The van der Waals surface area contributed by atoms with E-state index in [1.54, 1.807) is 0 Å². The lowest BCUT2D eigenvalue weighted by Crippen LogP contribution is -2.00. The van der Waals surface area contributed by atoms with Gasteiger partial charge in [-0.2, -0.15) is 0 Å². The fraction of sp³-hybridized carbons (Fsp3) is 0. The summed E-state index contributed by atoms with van der Waals surface area (Å²) >= 11 is 0. The first kappa shape index (κ1) is 11.5. The summed E-state index contributed by atoms with van der Waals surface area (Å²) < 4.78 is 0. The summed E-state index contributed by atoms with van der Waals surface area (Å²) in [5, 5.41) is 31.4. The van der Waals surface area contributed by atoms with E-state index in [2.05, 4.69) is 6.92 Å². The summed E-state index contributed by atoms with van der Waals surface area (Å²) in [5.74, 6) is 0. The van der Waals surface area contributed by atoms with Gasteiger partial charge in [-0.3, -0.25) is 30.3 Å². The lowest BCUT2D eigenvalue weighted by Gasteiger charge is -1.98. The van der Waals surface area contributed by atoms with Crippen LogP contribution in [0.5, 0.6) is 0 Å². The van der Waals surface area contributed by atoms with Gasteiger partial charge in [0.2, 0.25) is 0 Å². The molecule has 0 saturated carbocycles. The van der Waals surface area contributed by atoms with Crippen LogP contribution in [0.3, 0.4) is 0 Å². The summed E-state index contributed by atoms with van der Waals surface area (Å²) in [6.45, 7) is 3.16. The first-order valence-electron chi connectivity index (χ1n) is 3.77. The Morgan fingerprint density at radius 1 is 0.875 bits per heavy atom. The highest BCUT2D eigenvalue weighted by Crippen LogP contribution is 2.32. The maximum absolute atomic E-state index is 10.5.